The summed E-state index contributed by atoms with van der Waals surface area (Å²) >= 11 is 6.01. The van der Waals surface area contributed by atoms with E-state index in [9.17, 15) is 4.79 Å². The zero-order valence-electron chi connectivity index (χ0n) is 17.8. The number of H-pyrrole nitrogens is 1. The summed E-state index contributed by atoms with van der Waals surface area (Å²) in [5, 5.41) is 11.3. The van der Waals surface area contributed by atoms with Crippen molar-refractivity contribution >= 4 is 23.6 Å². The standard InChI is InChI=1S/C22H24ClN5O3/c1-22(2,3)19-20(25-21(29)28-26-19)27-24-12-14-8-9-17(18(11-14)30-4)31-13-15-6-5-7-16(23)10-15/h5-12H,13H2,1-4H3,(H2,25,27,28,29)/b24-12+. The molecule has 0 aliphatic rings. The van der Waals surface area contributed by atoms with E-state index in [0.29, 0.717) is 34.6 Å². The second-order valence-electron chi connectivity index (χ2n) is 7.79. The van der Waals surface area contributed by atoms with E-state index in [1.807, 2.05) is 51.1 Å². The third kappa shape index (κ3) is 6.05. The molecule has 0 saturated heterocycles. The van der Waals surface area contributed by atoms with Gasteiger partial charge in [0.1, 0.15) is 12.3 Å². The van der Waals surface area contributed by atoms with Crippen LogP contribution < -0.4 is 20.6 Å². The average Bonchev–Trinajstić information content (AvgIpc) is 2.72. The number of halogens is 1. The molecule has 0 fully saturated rings. The molecule has 9 heteroatoms. The minimum atomic E-state index is -0.548. The van der Waals surface area contributed by atoms with Gasteiger partial charge >= 0.3 is 5.69 Å². The number of nitrogens with zero attached hydrogens (tertiary/aromatic N) is 3. The first kappa shape index (κ1) is 22.3. The van der Waals surface area contributed by atoms with Gasteiger partial charge in [-0.05, 0) is 41.5 Å². The van der Waals surface area contributed by atoms with E-state index in [1.165, 1.54) is 0 Å². The van der Waals surface area contributed by atoms with Gasteiger partial charge in [0, 0.05) is 10.4 Å². The third-order valence-corrected chi connectivity index (χ3v) is 4.50. The molecule has 3 rings (SSSR count). The van der Waals surface area contributed by atoms with Crippen molar-refractivity contribution in [1.82, 2.24) is 15.2 Å². The molecule has 0 atom stereocenters. The molecule has 2 aromatic carbocycles. The maximum absolute atomic E-state index is 11.5. The van der Waals surface area contributed by atoms with Crippen molar-refractivity contribution in [2.45, 2.75) is 32.8 Å². The highest BCUT2D eigenvalue weighted by Gasteiger charge is 2.21. The number of benzene rings is 2. The van der Waals surface area contributed by atoms with E-state index in [2.05, 4.69) is 25.7 Å². The Hall–Kier alpha value is -3.39. The zero-order valence-corrected chi connectivity index (χ0v) is 18.5. The van der Waals surface area contributed by atoms with E-state index in [4.69, 9.17) is 21.1 Å². The van der Waals surface area contributed by atoms with Crippen LogP contribution in [0.3, 0.4) is 0 Å². The molecule has 0 spiro atoms. The molecular formula is C22H24ClN5O3. The number of ether oxygens (including phenoxy) is 2. The molecule has 31 heavy (non-hydrogen) atoms. The van der Waals surface area contributed by atoms with Gasteiger partial charge in [0.15, 0.2) is 17.3 Å². The number of aromatic nitrogens is 3. The summed E-state index contributed by atoms with van der Waals surface area (Å²) in [7, 11) is 1.57. The van der Waals surface area contributed by atoms with E-state index < -0.39 is 5.69 Å². The van der Waals surface area contributed by atoms with Crippen molar-refractivity contribution in [1.29, 1.82) is 0 Å². The van der Waals surface area contributed by atoms with Crippen LogP contribution in [0, 0.1) is 0 Å². The van der Waals surface area contributed by atoms with Crippen LogP contribution >= 0.6 is 11.6 Å². The Balaban J connectivity index is 1.72. The molecule has 0 bridgehead atoms. The number of hydrogen-bond acceptors (Lipinski definition) is 7. The zero-order chi connectivity index (χ0) is 22.4. The molecule has 0 aliphatic heterocycles. The van der Waals surface area contributed by atoms with Crippen molar-refractivity contribution < 1.29 is 9.47 Å². The fourth-order valence-electron chi connectivity index (χ4n) is 2.78. The summed E-state index contributed by atoms with van der Waals surface area (Å²) in [5.74, 6) is 1.47. The largest absolute Gasteiger partial charge is 0.493 e. The van der Waals surface area contributed by atoms with Crippen molar-refractivity contribution in [2.24, 2.45) is 5.10 Å². The molecular weight excluding hydrogens is 418 g/mol. The summed E-state index contributed by atoms with van der Waals surface area (Å²) in [4.78, 5) is 15.5. The highest BCUT2D eigenvalue weighted by atomic mass is 35.5. The van der Waals surface area contributed by atoms with Crippen LogP contribution in [-0.4, -0.2) is 28.5 Å². The molecule has 3 aromatic rings. The number of nitrogens with one attached hydrogen (secondary N) is 2. The molecule has 0 unspecified atom stereocenters. The Bertz CT molecular complexity index is 1140. The van der Waals surface area contributed by atoms with Gasteiger partial charge in [-0.3, -0.25) is 5.43 Å². The van der Waals surface area contributed by atoms with Crippen molar-refractivity contribution in [2.75, 3.05) is 12.5 Å². The molecule has 0 amide bonds. The highest BCUT2D eigenvalue weighted by Crippen LogP contribution is 2.29. The Morgan fingerprint density at radius 2 is 2.00 bits per heavy atom. The van der Waals surface area contributed by atoms with Crippen LogP contribution in [0.5, 0.6) is 11.5 Å². The second kappa shape index (κ2) is 9.61. The van der Waals surface area contributed by atoms with Crippen LogP contribution in [0.25, 0.3) is 0 Å². The van der Waals surface area contributed by atoms with Crippen LogP contribution in [0.2, 0.25) is 5.02 Å². The highest BCUT2D eigenvalue weighted by molar-refractivity contribution is 6.30. The first-order chi connectivity index (χ1) is 14.8. The maximum atomic E-state index is 11.5. The van der Waals surface area contributed by atoms with Gasteiger partial charge in [0.2, 0.25) is 0 Å². The minimum Gasteiger partial charge on any atom is -0.493 e. The summed E-state index contributed by atoms with van der Waals surface area (Å²) in [6.07, 6.45) is 1.60. The molecule has 2 N–H and O–H groups in total. The number of hydrogen-bond donors (Lipinski definition) is 2. The number of anilines is 1. The van der Waals surface area contributed by atoms with E-state index in [-0.39, 0.29) is 5.41 Å². The normalized spacial score (nSPS) is 11.5. The van der Waals surface area contributed by atoms with Crippen LogP contribution in [0.15, 0.2) is 52.4 Å². The van der Waals surface area contributed by atoms with E-state index in [1.54, 1.807) is 25.5 Å². The minimum absolute atomic E-state index is 0.306. The van der Waals surface area contributed by atoms with Crippen molar-refractivity contribution in [3.63, 3.8) is 0 Å². The van der Waals surface area contributed by atoms with Gasteiger partial charge in [-0.1, -0.05) is 44.5 Å². The first-order valence-electron chi connectivity index (χ1n) is 9.58. The van der Waals surface area contributed by atoms with Crippen LogP contribution in [0.4, 0.5) is 5.82 Å². The summed E-state index contributed by atoms with van der Waals surface area (Å²) in [6, 6.07) is 12.9. The van der Waals surface area contributed by atoms with Gasteiger partial charge in [-0.2, -0.15) is 15.2 Å². The Morgan fingerprint density at radius 3 is 2.71 bits per heavy atom. The third-order valence-electron chi connectivity index (χ3n) is 4.27. The van der Waals surface area contributed by atoms with Crippen LogP contribution in [0.1, 0.15) is 37.6 Å². The van der Waals surface area contributed by atoms with Gasteiger partial charge in [-0.25, -0.2) is 9.89 Å². The Labute approximate surface area is 185 Å². The van der Waals surface area contributed by atoms with E-state index >= 15 is 0 Å². The Morgan fingerprint density at radius 1 is 1.19 bits per heavy atom. The van der Waals surface area contributed by atoms with E-state index in [0.717, 1.165) is 11.1 Å². The number of hydrazone groups is 1. The summed E-state index contributed by atoms with van der Waals surface area (Å²) < 4.78 is 11.3. The Kier molecular flexibility index (Phi) is 6.91. The van der Waals surface area contributed by atoms with Crippen molar-refractivity contribution in [3.8, 4) is 11.5 Å². The SMILES string of the molecule is COc1cc(/C=N/Nc2nc(=O)[nH]nc2C(C)(C)C)ccc1OCc1cccc(Cl)c1. The predicted octanol–water partition coefficient (Wildman–Crippen LogP) is 4.15. The second-order valence-corrected chi connectivity index (χ2v) is 8.22. The number of rotatable bonds is 7. The average molecular weight is 442 g/mol. The lowest BCUT2D eigenvalue weighted by molar-refractivity contribution is 0.284. The van der Waals surface area contributed by atoms with Gasteiger partial charge < -0.3 is 9.47 Å². The molecule has 1 aromatic heterocycles. The lowest BCUT2D eigenvalue weighted by atomic mass is 9.92. The summed E-state index contributed by atoms with van der Waals surface area (Å²) in [6.45, 7) is 6.27. The van der Waals surface area contributed by atoms with Crippen LogP contribution in [-0.2, 0) is 12.0 Å². The smallest absolute Gasteiger partial charge is 0.363 e. The lowest BCUT2D eigenvalue weighted by Crippen LogP contribution is -2.24. The monoisotopic (exact) mass is 441 g/mol. The maximum Gasteiger partial charge on any atom is 0.363 e. The van der Waals surface area contributed by atoms with Crippen molar-refractivity contribution in [3.05, 3.63) is 74.8 Å². The molecule has 0 radical (unpaired) electrons. The van der Waals surface area contributed by atoms with Gasteiger partial charge in [0.25, 0.3) is 0 Å². The lowest BCUT2D eigenvalue weighted by Gasteiger charge is -2.18. The molecule has 8 nitrogen and oxygen atoms in total. The number of methoxy groups -OCH3 is 1. The van der Waals surface area contributed by atoms with Gasteiger partial charge in [-0.15, -0.1) is 0 Å². The first-order valence-corrected chi connectivity index (χ1v) is 9.95. The quantitative estimate of drug-likeness (QED) is 0.422. The summed E-state index contributed by atoms with van der Waals surface area (Å²) in [5.41, 5.74) is 4.27. The molecule has 0 aliphatic carbocycles. The van der Waals surface area contributed by atoms with Gasteiger partial charge in [0.05, 0.1) is 13.3 Å². The molecule has 162 valence electrons. The molecule has 0 saturated carbocycles. The fourth-order valence-corrected chi connectivity index (χ4v) is 2.99. The fraction of sp³-hybridized carbons (Fsp3) is 0.273. The predicted molar refractivity (Wildman–Crippen MR) is 121 cm³/mol. The number of aromatic amines is 1. The molecule has 1 heterocycles. The topological polar surface area (TPSA) is 101 Å².